The van der Waals surface area contributed by atoms with Crippen LogP contribution in [0.5, 0.6) is 0 Å². The van der Waals surface area contributed by atoms with Crippen LogP contribution in [0.2, 0.25) is 0 Å². The summed E-state index contributed by atoms with van der Waals surface area (Å²) in [5.41, 5.74) is 0. The van der Waals surface area contributed by atoms with Gasteiger partial charge in [0.15, 0.2) is 0 Å². The van der Waals surface area contributed by atoms with Crippen molar-refractivity contribution in [2.24, 2.45) is 11.8 Å². The van der Waals surface area contributed by atoms with Crippen LogP contribution < -0.4 is 0 Å². The van der Waals surface area contributed by atoms with Crippen molar-refractivity contribution in [2.75, 3.05) is 27.4 Å². The maximum Gasteiger partial charge on any atom is 0.303 e. The van der Waals surface area contributed by atoms with E-state index in [1.165, 1.54) is 14.2 Å². The first-order valence-electron chi connectivity index (χ1n) is 5.26. The molecule has 0 saturated carbocycles. The zero-order chi connectivity index (χ0) is 14.0. The fraction of sp³-hybridized carbons (Fsp3) is 0.800. The molecule has 0 aromatic carbocycles. The van der Waals surface area contributed by atoms with Gasteiger partial charge in [0.25, 0.3) is 0 Å². The third kappa shape index (κ3) is 7.96. The molecule has 8 nitrogen and oxygen atoms in total. The van der Waals surface area contributed by atoms with Crippen LogP contribution in [0.4, 0.5) is 0 Å². The molecule has 2 atom stereocenters. The minimum Gasteiger partial charge on any atom is -0.481 e. The van der Waals surface area contributed by atoms with Crippen LogP contribution in [0.3, 0.4) is 0 Å². The molecule has 0 aliphatic heterocycles. The van der Waals surface area contributed by atoms with E-state index in [1.54, 1.807) is 0 Å². The number of rotatable bonds is 11. The van der Waals surface area contributed by atoms with Gasteiger partial charge < -0.3 is 10.2 Å². The molecule has 0 bridgehead atoms. The molecule has 0 aliphatic rings. The van der Waals surface area contributed by atoms with E-state index in [9.17, 15) is 9.59 Å². The molecule has 2 unspecified atom stereocenters. The van der Waals surface area contributed by atoms with Crippen LogP contribution in [-0.4, -0.2) is 49.6 Å². The van der Waals surface area contributed by atoms with E-state index in [1.807, 2.05) is 0 Å². The number of carbonyl (C=O) groups is 2. The Morgan fingerprint density at radius 1 is 0.889 bits per heavy atom. The van der Waals surface area contributed by atoms with Crippen LogP contribution in [0.15, 0.2) is 0 Å². The largest absolute Gasteiger partial charge is 0.481 e. The number of hydrogen-bond donors (Lipinski definition) is 2. The molecule has 0 saturated heterocycles. The van der Waals surface area contributed by atoms with Gasteiger partial charge in [0.2, 0.25) is 0 Å². The van der Waals surface area contributed by atoms with Crippen molar-refractivity contribution in [3.05, 3.63) is 0 Å². The summed E-state index contributed by atoms with van der Waals surface area (Å²) in [5.74, 6) is -3.19. The molecule has 0 aliphatic carbocycles. The van der Waals surface area contributed by atoms with Crippen LogP contribution in [0, 0.1) is 11.8 Å². The van der Waals surface area contributed by atoms with E-state index < -0.39 is 23.8 Å². The van der Waals surface area contributed by atoms with Crippen LogP contribution in [0.1, 0.15) is 12.8 Å². The van der Waals surface area contributed by atoms with Crippen molar-refractivity contribution in [1.82, 2.24) is 0 Å². The Kier molecular flexibility index (Phi) is 9.11. The first-order valence-corrected chi connectivity index (χ1v) is 5.26. The monoisotopic (exact) mass is 266 g/mol. The van der Waals surface area contributed by atoms with Gasteiger partial charge in [0, 0.05) is 11.8 Å². The Bertz CT molecular complexity index is 228. The molecule has 0 radical (unpaired) electrons. The quantitative estimate of drug-likeness (QED) is 0.406. The molecular formula is C10H18O8. The second-order valence-corrected chi connectivity index (χ2v) is 3.62. The lowest BCUT2D eigenvalue weighted by Crippen LogP contribution is -2.29. The van der Waals surface area contributed by atoms with E-state index in [-0.39, 0.29) is 26.1 Å². The number of carboxylic acid groups (broad SMARTS) is 2. The lowest BCUT2D eigenvalue weighted by Gasteiger charge is -2.23. The molecule has 0 fully saturated rings. The zero-order valence-corrected chi connectivity index (χ0v) is 10.3. The predicted molar refractivity (Wildman–Crippen MR) is 57.4 cm³/mol. The maximum absolute atomic E-state index is 10.7. The summed E-state index contributed by atoms with van der Waals surface area (Å²) in [4.78, 5) is 39.6. The lowest BCUT2D eigenvalue weighted by atomic mass is 9.88. The SMILES string of the molecule is COOCC(CC(=O)O)C(COOC)CC(=O)O. The smallest absolute Gasteiger partial charge is 0.303 e. The van der Waals surface area contributed by atoms with Gasteiger partial charge in [-0.15, -0.1) is 0 Å². The maximum atomic E-state index is 10.7. The van der Waals surface area contributed by atoms with E-state index >= 15 is 0 Å². The first kappa shape index (κ1) is 16.8. The minimum atomic E-state index is -1.05. The van der Waals surface area contributed by atoms with Crippen LogP contribution >= 0.6 is 0 Å². The Labute approximate surface area is 104 Å². The highest BCUT2D eigenvalue weighted by Gasteiger charge is 2.27. The average molecular weight is 266 g/mol. The standard InChI is InChI=1S/C10H18O8/c1-15-17-5-7(3-9(11)12)8(4-10(13)14)6-18-16-2/h7-8H,3-6H2,1-2H3,(H,11,12)(H,13,14). The molecular weight excluding hydrogens is 248 g/mol. The highest BCUT2D eigenvalue weighted by molar-refractivity contribution is 5.68. The third-order valence-corrected chi connectivity index (χ3v) is 2.34. The fourth-order valence-corrected chi connectivity index (χ4v) is 1.48. The van der Waals surface area contributed by atoms with Crippen molar-refractivity contribution < 1.29 is 39.4 Å². The molecule has 106 valence electrons. The number of hydrogen-bond acceptors (Lipinski definition) is 6. The molecule has 2 N–H and O–H groups in total. The summed E-state index contributed by atoms with van der Waals surface area (Å²) in [7, 11) is 2.57. The van der Waals surface area contributed by atoms with Gasteiger partial charge in [0.05, 0.1) is 40.3 Å². The summed E-state index contributed by atoms with van der Waals surface area (Å²) in [6.45, 7) is -0.0678. The summed E-state index contributed by atoms with van der Waals surface area (Å²) in [5, 5.41) is 17.6. The Hall–Kier alpha value is -1.22. The molecule has 18 heavy (non-hydrogen) atoms. The van der Waals surface area contributed by atoms with Crippen molar-refractivity contribution in [1.29, 1.82) is 0 Å². The first-order chi connectivity index (χ1) is 8.51. The van der Waals surface area contributed by atoms with E-state index in [0.29, 0.717) is 0 Å². The third-order valence-electron chi connectivity index (χ3n) is 2.34. The molecule has 8 heteroatoms. The highest BCUT2D eigenvalue weighted by Crippen LogP contribution is 2.21. The number of carboxylic acids is 2. The second-order valence-electron chi connectivity index (χ2n) is 3.62. The Morgan fingerprint density at radius 3 is 1.44 bits per heavy atom. The second kappa shape index (κ2) is 9.77. The Balaban J connectivity index is 4.57. The lowest BCUT2D eigenvalue weighted by molar-refractivity contribution is -0.298. The fourth-order valence-electron chi connectivity index (χ4n) is 1.48. The van der Waals surface area contributed by atoms with Gasteiger partial charge in [-0.3, -0.25) is 9.59 Å². The van der Waals surface area contributed by atoms with Crippen molar-refractivity contribution in [3.8, 4) is 0 Å². The van der Waals surface area contributed by atoms with E-state index in [2.05, 4.69) is 19.6 Å². The number of aliphatic carboxylic acids is 2. The van der Waals surface area contributed by atoms with Gasteiger partial charge in [-0.2, -0.15) is 0 Å². The predicted octanol–water partition coefficient (Wildman–Crippen LogP) is 0.324. The molecule has 0 heterocycles. The molecule has 0 rings (SSSR count). The molecule has 0 aromatic rings. The molecule has 0 amide bonds. The van der Waals surface area contributed by atoms with E-state index in [0.717, 1.165) is 0 Å². The zero-order valence-electron chi connectivity index (χ0n) is 10.3. The average Bonchev–Trinajstić information content (AvgIpc) is 2.29. The van der Waals surface area contributed by atoms with Gasteiger partial charge in [0.1, 0.15) is 0 Å². The van der Waals surface area contributed by atoms with Gasteiger partial charge in [-0.25, -0.2) is 19.6 Å². The normalized spacial score (nSPS) is 14.1. The van der Waals surface area contributed by atoms with Gasteiger partial charge in [-0.1, -0.05) is 0 Å². The van der Waals surface area contributed by atoms with Crippen molar-refractivity contribution >= 4 is 11.9 Å². The highest BCUT2D eigenvalue weighted by atomic mass is 17.2. The molecule has 0 aromatic heterocycles. The summed E-state index contributed by atoms with van der Waals surface area (Å²) >= 11 is 0. The van der Waals surface area contributed by atoms with Crippen LogP contribution in [0.25, 0.3) is 0 Å². The van der Waals surface area contributed by atoms with Crippen molar-refractivity contribution in [2.45, 2.75) is 12.8 Å². The van der Waals surface area contributed by atoms with Crippen LogP contribution in [-0.2, 0) is 29.1 Å². The van der Waals surface area contributed by atoms with Crippen molar-refractivity contribution in [3.63, 3.8) is 0 Å². The molecule has 0 spiro atoms. The van der Waals surface area contributed by atoms with Gasteiger partial charge >= 0.3 is 11.9 Å². The van der Waals surface area contributed by atoms with E-state index in [4.69, 9.17) is 10.2 Å². The minimum absolute atomic E-state index is 0.0339. The summed E-state index contributed by atoms with van der Waals surface area (Å²) in [6.07, 6.45) is -0.483. The summed E-state index contributed by atoms with van der Waals surface area (Å²) < 4.78 is 0. The summed E-state index contributed by atoms with van der Waals surface area (Å²) in [6, 6.07) is 0. The topological polar surface area (TPSA) is 112 Å². The van der Waals surface area contributed by atoms with Gasteiger partial charge in [-0.05, 0) is 0 Å². The Morgan fingerprint density at radius 2 is 1.22 bits per heavy atom.